The molecule has 0 heterocycles. The molecule has 0 spiro atoms. The molecule has 0 fully saturated rings. The first kappa shape index (κ1) is 15.1. The van der Waals surface area contributed by atoms with E-state index in [2.05, 4.69) is 5.32 Å². The zero-order chi connectivity index (χ0) is 14.5. The SMILES string of the molecule is CC[C@@](C)(CC(=O)O)NC(=O)Cc1ccc(F)cc1. The van der Waals surface area contributed by atoms with Gasteiger partial charge in [0.2, 0.25) is 5.91 Å². The van der Waals surface area contributed by atoms with Gasteiger partial charge in [-0.3, -0.25) is 9.59 Å². The van der Waals surface area contributed by atoms with Crippen molar-refractivity contribution < 1.29 is 19.1 Å². The van der Waals surface area contributed by atoms with Crippen LogP contribution in [0.4, 0.5) is 4.39 Å². The first-order valence-electron chi connectivity index (χ1n) is 6.12. The molecule has 1 amide bonds. The maximum Gasteiger partial charge on any atom is 0.305 e. The number of carbonyl (C=O) groups is 2. The summed E-state index contributed by atoms with van der Waals surface area (Å²) in [6, 6.07) is 5.66. The average molecular weight is 267 g/mol. The van der Waals surface area contributed by atoms with Crippen molar-refractivity contribution in [1.82, 2.24) is 5.32 Å². The van der Waals surface area contributed by atoms with E-state index in [-0.39, 0.29) is 24.6 Å². The highest BCUT2D eigenvalue weighted by Crippen LogP contribution is 2.15. The molecule has 0 aromatic heterocycles. The molecule has 1 aromatic rings. The highest BCUT2D eigenvalue weighted by atomic mass is 19.1. The first-order chi connectivity index (χ1) is 8.84. The van der Waals surface area contributed by atoms with Gasteiger partial charge in [-0.2, -0.15) is 0 Å². The van der Waals surface area contributed by atoms with Crippen LogP contribution in [-0.2, 0) is 16.0 Å². The van der Waals surface area contributed by atoms with E-state index in [4.69, 9.17) is 5.11 Å². The normalized spacial score (nSPS) is 13.6. The zero-order valence-corrected chi connectivity index (χ0v) is 11.1. The van der Waals surface area contributed by atoms with Gasteiger partial charge in [-0.1, -0.05) is 19.1 Å². The number of hydrogen-bond donors (Lipinski definition) is 2. The Morgan fingerprint density at radius 3 is 2.37 bits per heavy atom. The van der Waals surface area contributed by atoms with E-state index in [1.54, 1.807) is 6.92 Å². The molecule has 0 aliphatic heterocycles. The third-order valence-corrected chi connectivity index (χ3v) is 3.04. The predicted octanol–water partition coefficient (Wildman–Crippen LogP) is 2.13. The van der Waals surface area contributed by atoms with Crippen molar-refractivity contribution in [3.8, 4) is 0 Å². The summed E-state index contributed by atoms with van der Waals surface area (Å²) in [4.78, 5) is 22.6. The third kappa shape index (κ3) is 5.07. The highest BCUT2D eigenvalue weighted by Gasteiger charge is 2.27. The van der Waals surface area contributed by atoms with Crippen LogP contribution in [0.25, 0.3) is 0 Å². The zero-order valence-electron chi connectivity index (χ0n) is 11.1. The van der Waals surface area contributed by atoms with Crippen LogP contribution < -0.4 is 5.32 Å². The lowest BCUT2D eigenvalue weighted by molar-refractivity contribution is -0.139. The Morgan fingerprint density at radius 1 is 1.32 bits per heavy atom. The first-order valence-corrected chi connectivity index (χ1v) is 6.12. The summed E-state index contributed by atoms with van der Waals surface area (Å²) in [6.45, 7) is 3.52. The third-order valence-electron chi connectivity index (χ3n) is 3.04. The van der Waals surface area contributed by atoms with E-state index in [0.29, 0.717) is 12.0 Å². The smallest absolute Gasteiger partial charge is 0.305 e. The molecule has 19 heavy (non-hydrogen) atoms. The molecular formula is C14H18FNO3. The summed E-state index contributed by atoms with van der Waals surface area (Å²) in [5.74, 6) is -1.57. The van der Waals surface area contributed by atoms with Gasteiger partial charge in [-0.25, -0.2) is 4.39 Å². The van der Waals surface area contributed by atoms with Crippen molar-refractivity contribution in [2.75, 3.05) is 0 Å². The Morgan fingerprint density at radius 2 is 1.89 bits per heavy atom. The van der Waals surface area contributed by atoms with E-state index in [1.807, 2.05) is 6.92 Å². The van der Waals surface area contributed by atoms with Crippen LogP contribution in [0.1, 0.15) is 32.3 Å². The Kier molecular flexibility index (Phi) is 5.03. The monoisotopic (exact) mass is 267 g/mol. The van der Waals surface area contributed by atoms with Crippen molar-refractivity contribution >= 4 is 11.9 Å². The second-order valence-electron chi connectivity index (χ2n) is 4.84. The van der Waals surface area contributed by atoms with Gasteiger partial charge in [0, 0.05) is 5.54 Å². The van der Waals surface area contributed by atoms with Gasteiger partial charge < -0.3 is 10.4 Å². The van der Waals surface area contributed by atoms with Crippen molar-refractivity contribution in [3.05, 3.63) is 35.6 Å². The molecule has 2 N–H and O–H groups in total. The Balaban J connectivity index is 2.63. The lowest BCUT2D eigenvalue weighted by Gasteiger charge is -2.28. The number of aliphatic carboxylic acids is 1. The van der Waals surface area contributed by atoms with Crippen molar-refractivity contribution in [2.45, 2.75) is 38.6 Å². The molecule has 5 heteroatoms. The summed E-state index contributed by atoms with van der Waals surface area (Å²) in [5.41, 5.74) is -0.0733. The van der Waals surface area contributed by atoms with Crippen LogP contribution in [-0.4, -0.2) is 22.5 Å². The number of rotatable bonds is 6. The molecule has 0 aliphatic rings. The Labute approximate surface area is 111 Å². The van der Waals surface area contributed by atoms with Gasteiger partial charge in [0.15, 0.2) is 0 Å². The van der Waals surface area contributed by atoms with Crippen molar-refractivity contribution in [1.29, 1.82) is 0 Å². The fraction of sp³-hybridized carbons (Fsp3) is 0.429. The lowest BCUT2D eigenvalue weighted by atomic mass is 9.94. The maximum atomic E-state index is 12.7. The second-order valence-corrected chi connectivity index (χ2v) is 4.84. The number of halogens is 1. The summed E-state index contributed by atoms with van der Waals surface area (Å²) >= 11 is 0. The van der Waals surface area contributed by atoms with Gasteiger partial charge in [0.1, 0.15) is 5.82 Å². The van der Waals surface area contributed by atoms with Gasteiger partial charge in [-0.05, 0) is 31.0 Å². The molecule has 104 valence electrons. The molecule has 0 unspecified atom stereocenters. The van der Waals surface area contributed by atoms with Crippen LogP contribution in [0.5, 0.6) is 0 Å². The van der Waals surface area contributed by atoms with E-state index in [9.17, 15) is 14.0 Å². The lowest BCUT2D eigenvalue weighted by Crippen LogP contribution is -2.47. The Bertz CT molecular complexity index is 458. The van der Waals surface area contributed by atoms with E-state index < -0.39 is 11.5 Å². The van der Waals surface area contributed by atoms with Crippen LogP contribution in [0, 0.1) is 5.82 Å². The number of carboxylic acid groups (broad SMARTS) is 1. The molecule has 0 saturated heterocycles. The topological polar surface area (TPSA) is 66.4 Å². The van der Waals surface area contributed by atoms with Crippen LogP contribution in [0.15, 0.2) is 24.3 Å². The number of amides is 1. The van der Waals surface area contributed by atoms with E-state index >= 15 is 0 Å². The fourth-order valence-electron chi connectivity index (χ4n) is 1.76. The average Bonchev–Trinajstić information content (AvgIpc) is 2.31. The van der Waals surface area contributed by atoms with Crippen LogP contribution >= 0.6 is 0 Å². The van der Waals surface area contributed by atoms with E-state index in [1.165, 1.54) is 24.3 Å². The molecule has 1 atom stereocenters. The number of carbonyl (C=O) groups excluding carboxylic acids is 1. The van der Waals surface area contributed by atoms with E-state index in [0.717, 1.165) is 0 Å². The predicted molar refractivity (Wildman–Crippen MR) is 69.2 cm³/mol. The van der Waals surface area contributed by atoms with Crippen molar-refractivity contribution in [2.24, 2.45) is 0 Å². The van der Waals surface area contributed by atoms with Crippen molar-refractivity contribution in [3.63, 3.8) is 0 Å². The number of hydrogen-bond acceptors (Lipinski definition) is 2. The molecule has 4 nitrogen and oxygen atoms in total. The molecule has 0 bridgehead atoms. The fourth-order valence-corrected chi connectivity index (χ4v) is 1.76. The molecule has 0 saturated carbocycles. The Hall–Kier alpha value is -1.91. The van der Waals surface area contributed by atoms with Gasteiger partial charge in [-0.15, -0.1) is 0 Å². The molecule has 1 rings (SSSR count). The summed E-state index contributed by atoms with van der Waals surface area (Å²) in [7, 11) is 0. The highest BCUT2D eigenvalue weighted by molar-refractivity contribution is 5.80. The second kappa shape index (κ2) is 6.31. The van der Waals surface area contributed by atoms with Gasteiger partial charge in [0.05, 0.1) is 12.8 Å². The quantitative estimate of drug-likeness (QED) is 0.829. The standard InChI is InChI=1S/C14H18FNO3/c1-3-14(2,9-13(18)19)16-12(17)8-10-4-6-11(15)7-5-10/h4-7H,3,8-9H2,1-2H3,(H,16,17)(H,18,19)/t14-/m0/s1. The van der Waals surface area contributed by atoms with Gasteiger partial charge >= 0.3 is 5.97 Å². The number of benzene rings is 1. The number of carboxylic acids is 1. The molecule has 0 radical (unpaired) electrons. The summed E-state index contributed by atoms with van der Waals surface area (Å²) in [5, 5.41) is 11.5. The van der Waals surface area contributed by atoms with Crippen LogP contribution in [0.3, 0.4) is 0 Å². The molecule has 0 aliphatic carbocycles. The minimum atomic E-state index is -0.952. The molecular weight excluding hydrogens is 249 g/mol. The number of nitrogens with one attached hydrogen (secondary N) is 1. The summed E-state index contributed by atoms with van der Waals surface area (Å²) in [6.07, 6.45) is 0.503. The summed E-state index contributed by atoms with van der Waals surface area (Å²) < 4.78 is 12.7. The molecule has 1 aromatic carbocycles. The maximum absolute atomic E-state index is 12.7. The van der Waals surface area contributed by atoms with Crippen LogP contribution in [0.2, 0.25) is 0 Å². The minimum absolute atomic E-state index is 0.107. The van der Waals surface area contributed by atoms with Gasteiger partial charge in [0.25, 0.3) is 0 Å². The largest absolute Gasteiger partial charge is 0.481 e. The minimum Gasteiger partial charge on any atom is -0.481 e.